The van der Waals surface area contributed by atoms with E-state index in [0.29, 0.717) is 33.1 Å². The first-order chi connectivity index (χ1) is 16.7. The Bertz CT molecular complexity index is 1350. The van der Waals surface area contributed by atoms with Crippen LogP contribution in [0.1, 0.15) is 27.0 Å². The zero-order chi connectivity index (χ0) is 25.3. The first-order valence-corrected chi connectivity index (χ1v) is 11.1. The molecule has 0 spiro atoms. The first-order valence-electron chi connectivity index (χ1n) is 10.4. The number of ether oxygens (including phenoxy) is 2. The van der Waals surface area contributed by atoms with E-state index < -0.39 is 23.5 Å². The lowest BCUT2D eigenvalue weighted by atomic mass is 9.83. The smallest absolute Gasteiger partial charge is 0.408 e. The second-order valence-corrected chi connectivity index (χ2v) is 8.57. The number of fused-ring (bicyclic) bond motifs is 1. The van der Waals surface area contributed by atoms with Gasteiger partial charge in [0.15, 0.2) is 5.54 Å². The van der Waals surface area contributed by atoms with Gasteiger partial charge >= 0.3 is 12.1 Å². The molecule has 2 amide bonds. The Morgan fingerprint density at radius 3 is 2.43 bits per heavy atom. The van der Waals surface area contributed by atoms with Crippen molar-refractivity contribution in [3.63, 3.8) is 0 Å². The third kappa shape index (κ3) is 4.15. The number of aromatic carboxylic acids is 1. The highest BCUT2D eigenvalue weighted by molar-refractivity contribution is 6.33. The van der Waals surface area contributed by atoms with E-state index in [1.807, 2.05) is 0 Å². The molecular formula is C25H20Cl2N2O6. The van der Waals surface area contributed by atoms with Crippen LogP contribution in [0.25, 0.3) is 0 Å². The molecule has 2 N–H and O–H groups in total. The maximum Gasteiger partial charge on any atom is 0.408 e. The van der Waals surface area contributed by atoms with Gasteiger partial charge in [0.2, 0.25) is 0 Å². The Labute approximate surface area is 211 Å². The second kappa shape index (κ2) is 9.48. The summed E-state index contributed by atoms with van der Waals surface area (Å²) in [4.78, 5) is 39.5. The lowest BCUT2D eigenvalue weighted by Crippen LogP contribution is -2.53. The van der Waals surface area contributed by atoms with E-state index >= 15 is 0 Å². The molecule has 0 aromatic heterocycles. The lowest BCUT2D eigenvalue weighted by Gasteiger charge is -2.31. The van der Waals surface area contributed by atoms with Gasteiger partial charge in [-0.15, -0.1) is 0 Å². The summed E-state index contributed by atoms with van der Waals surface area (Å²) in [5.41, 5.74) is 0.119. The van der Waals surface area contributed by atoms with Gasteiger partial charge in [-0.05, 0) is 36.4 Å². The number of methoxy groups -OCH3 is 2. The van der Waals surface area contributed by atoms with Crippen LogP contribution < -0.4 is 15.0 Å². The van der Waals surface area contributed by atoms with Gasteiger partial charge < -0.3 is 19.5 Å². The van der Waals surface area contributed by atoms with Gasteiger partial charge in [-0.1, -0.05) is 47.5 Å². The van der Waals surface area contributed by atoms with Crippen molar-refractivity contribution in [3.8, 4) is 5.75 Å². The minimum atomic E-state index is -1.72. The quantitative estimate of drug-likeness (QED) is 0.487. The number of anilines is 1. The maximum absolute atomic E-state index is 14.2. The van der Waals surface area contributed by atoms with Crippen LogP contribution in [0.5, 0.6) is 5.75 Å². The third-order valence-corrected chi connectivity index (χ3v) is 6.40. The summed E-state index contributed by atoms with van der Waals surface area (Å²) in [7, 11) is 2.61. The van der Waals surface area contributed by atoms with Crippen molar-refractivity contribution in [3.05, 3.63) is 93.0 Å². The summed E-state index contributed by atoms with van der Waals surface area (Å²) in [6.45, 7) is 0.0194. The highest BCUT2D eigenvalue weighted by Crippen LogP contribution is 2.48. The van der Waals surface area contributed by atoms with Gasteiger partial charge in [0.05, 0.1) is 32.0 Å². The van der Waals surface area contributed by atoms with Crippen LogP contribution >= 0.6 is 23.2 Å². The van der Waals surface area contributed by atoms with Crippen molar-refractivity contribution in [2.24, 2.45) is 0 Å². The molecule has 0 bridgehead atoms. The Morgan fingerprint density at radius 1 is 1.03 bits per heavy atom. The highest BCUT2D eigenvalue weighted by Gasteiger charge is 2.54. The van der Waals surface area contributed by atoms with Gasteiger partial charge in [-0.25, -0.2) is 9.59 Å². The number of rotatable bonds is 6. The molecule has 10 heteroatoms. The number of alkyl carbamates (subject to hydrolysis) is 1. The molecule has 1 unspecified atom stereocenters. The summed E-state index contributed by atoms with van der Waals surface area (Å²) in [6, 6.07) is 16.0. The molecule has 0 aliphatic carbocycles. The van der Waals surface area contributed by atoms with Gasteiger partial charge in [0.1, 0.15) is 5.75 Å². The van der Waals surface area contributed by atoms with Crippen LogP contribution in [0.2, 0.25) is 10.0 Å². The zero-order valence-corrected chi connectivity index (χ0v) is 20.2. The molecule has 0 radical (unpaired) electrons. The van der Waals surface area contributed by atoms with Gasteiger partial charge in [0, 0.05) is 26.7 Å². The molecule has 0 saturated heterocycles. The van der Waals surface area contributed by atoms with E-state index in [4.69, 9.17) is 32.7 Å². The number of hydrogen-bond donors (Lipinski definition) is 2. The van der Waals surface area contributed by atoms with Crippen molar-refractivity contribution in [1.82, 2.24) is 5.32 Å². The van der Waals surface area contributed by atoms with Crippen molar-refractivity contribution < 1.29 is 29.0 Å². The molecule has 8 nitrogen and oxygen atoms in total. The minimum Gasteiger partial charge on any atom is -0.496 e. The number of carbonyl (C=O) groups excluding carboxylic acids is 2. The van der Waals surface area contributed by atoms with E-state index in [1.165, 1.54) is 31.3 Å². The predicted octanol–water partition coefficient (Wildman–Crippen LogP) is 4.85. The normalized spacial score (nSPS) is 16.6. The number of nitrogens with one attached hydrogen (secondary N) is 1. The number of carboxylic acid groups (broad SMARTS) is 1. The van der Waals surface area contributed by atoms with Crippen molar-refractivity contribution in [1.29, 1.82) is 0 Å². The number of nitrogens with zero attached hydrogens (tertiary/aromatic N) is 1. The molecule has 1 aliphatic heterocycles. The Morgan fingerprint density at radius 2 is 1.77 bits per heavy atom. The standard InChI is InChI=1S/C25H20Cl2N2O6/c1-34-21-11-14(22(30)31)7-8-15(21)13-29-20-10-9-16(26)12-18(20)25(23(29)32,28-24(33)35-2)17-5-3-4-6-19(17)27/h3-12H,13H2,1-2H3,(H,28,33)(H,30,31). The summed E-state index contributed by atoms with van der Waals surface area (Å²) < 4.78 is 10.2. The van der Waals surface area contributed by atoms with E-state index in [2.05, 4.69) is 5.32 Å². The van der Waals surface area contributed by atoms with Crippen molar-refractivity contribution in [2.75, 3.05) is 19.1 Å². The monoisotopic (exact) mass is 514 g/mol. The Kier molecular flexibility index (Phi) is 6.60. The lowest BCUT2D eigenvalue weighted by molar-refractivity contribution is -0.122. The van der Waals surface area contributed by atoms with Crippen LogP contribution in [-0.2, 0) is 21.6 Å². The third-order valence-electron chi connectivity index (χ3n) is 5.83. The van der Waals surface area contributed by atoms with Crippen LogP contribution in [0, 0.1) is 0 Å². The van der Waals surface area contributed by atoms with Crippen LogP contribution in [0.3, 0.4) is 0 Å². The summed E-state index contributed by atoms with van der Waals surface area (Å²) in [6.07, 6.45) is -0.838. The summed E-state index contributed by atoms with van der Waals surface area (Å²) in [5.74, 6) is -1.31. The molecule has 1 aliphatic rings. The van der Waals surface area contributed by atoms with Crippen LogP contribution in [0.4, 0.5) is 10.5 Å². The largest absolute Gasteiger partial charge is 0.496 e. The van der Waals surface area contributed by atoms with Gasteiger partial charge in [-0.3, -0.25) is 10.1 Å². The fourth-order valence-electron chi connectivity index (χ4n) is 4.22. The average molecular weight is 515 g/mol. The average Bonchev–Trinajstić information content (AvgIpc) is 3.06. The SMILES string of the molecule is COC(=O)NC1(c2ccccc2Cl)C(=O)N(Cc2ccc(C(=O)O)cc2OC)c2ccc(Cl)cc21. The van der Waals surface area contributed by atoms with E-state index in [-0.39, 0.29) is 17.1 Å². The minimum absolute atomic E-state index is 0.0194. The summed E-state index contributed by atoms with van der Waals surface area (Å²) in [5, 5.41) is 12.6. The van der Waals surface area contributed by atoms with Gasteiger partial charge in [-0.2, -0.15) is 0 Å². The molecule has 0 fully saturated rings. The molecule has 3 aromatic carbocycles. The Balaban J connectivity index is 1.91. The van der Waals surface area contributed by atoms with Crippen LogP contribution in [-0.4, -0.2) is 37.3 Å². The van der Waals surface area contributed by atoms with Crippen LogP contribution in [0.15, 0.2) is 60.7 Å². The molecular weight excluding hydrogens is 495 g/mol. The molecule has 4 rings (SSSR count). The number of carbonyl (C=O) groups is 3. The molecule has 3 aromatic rings. The van der Waals surface area contributed by atoms with E-state index in [1.54, 1.807) is 48.5 Å². The first kappa shape index (κ1) is 24.4. The van der Waals surface area contributed by atoms with Crippen molar-refractivity contribution >= 4 is 46.9 Å². The molecule has 1 atom stereocenters. The number of halogens is 2. The molecule has 180 valence electrons. The molecule has 0 saturated carbocycles. The predicted molar refractivity (Wildman–Crippen MR) is 130 cm³/mol. The fourth-order valence-corrected chi connectivity index (χ4v) is 4.67. The Hall–Kier alpha value is -3.75. The number of carboxylic acids is 1. The van der Waals surface area contributed by atoms with Gasteiger partial charge in [0.25, 0.3) is 5.91 Å². The highest BCUT2D eigenvalue weighted by atomic mass is 35.5. The maximum atomic E-state index is 14.2. The van der Waals surface area contributed by atoms with E-state index in [9.17, 15) is 19.5 Å². The zero-order valence-electron chi connectivity index (χ0n) is 18.7. The number of hydrogen-bond acceptors (Lipinski definition) is 5. The van der Waals surface area contributed by atoms with E-state index in [0.717, 1.165) is 0 Å². The second-order valence-electron chi connectivity index (χ2n) is 7.73. The fraction of sp³-hybridized carbons (Fsp3) is 0.160. The number of benzene rings is 3. The summed E-state index contributed by atoms with van der Waals surface area (Å²) >= 11 is 12.8. The topological polar surface area (TPSA) is 105 Å². The van der Waals surface area contributed by atoms with Crippen molar-refractivity contribution in [2.45, 2.75) is 12.1 Å². The molecule has 35 heavy (non-hydrogen) atoms. The molecule has 1 heterocycles. The number of amides is 2.